The van der Waals surface area contributed by atoms with Crippen LogP contribution in [0.2, 0.25) is 0 Å². The highest BCUT2D eigenvalue weighted by molar-refractivity contribution is 5.87. The number of aromatic nitrogens is 1. The summed E-state index contributed by atoms with van der Waals surface area (Å²) in [5, 5.41) is 18.9. The first-order valence-electron chi connectivity index (χ1n) is 8.27. The van der Waals surface area contributed by atoms with Crippen LogP contribution in [0.4, 0.5) is 0 Å². The van der Waals surface area contributed by atoms with Crippen molar-refractivity contribution in [3.8, 4) is 11.4 Å². The van der Waals surface area contributed by atoms with Gasteiger partial charge in [0, 0.05) is 23.6 Å². The van der Waals surface area contributed by atoms with Crippen LogP contribution in [0.15, 0.2) is 35.3 Å². The lowest BCUT2D eigenvalue weighted by Gasteiger charge is -2.26. The monoisotopic (exact) mass is 327 g/mol. The Balaban J connectivity index is 2.22. The zero-order chi connectivity index (χ0) is 17.3. The molecule has 1 aromatic carbocycles. The van der Waals surface area contributed by atoms with E-state index in [9.17, 15) is 19.8 Å². The van der Waals surface area contributed by atoms with E-state index in [4.69, 9.17) is 0 Å². The number of carboxylic acid groups (broad SMARTS) is 1. The van der Waals surface area contributed by atoms with Crippen LogP contribution in [0.1, 0.15) is 59.6 Å². The number of phenolic OH excluding ortho intramolecular Hbond substituents is 1. The van der Waals surface area contributed by atoms with E-state index >= 15 is 0 Å². The molecule has 126 valence electrons. The summed E-state index contributed by atoms with van der Waals surface area (Å²) in [5.41, 5.74) is 1.79. The Morgan fingerprint density at radius 3 is 2.50 bits per heavy atom. The largest absolute Gasteiger partial charge is 0.508 e. The summed E-state index contributed by atoms with van der Waals surface area (Å²) in [6, 6.07) is 6.45. The first-order chi connectivity index (χ1) is 11.5. The molecule has 0 unspecified atom stereocenters. The predicted octanol–water partition coefficient (Wildman–Crippen LogP) is 3.60. The van der Waals surface area contributed by atoms with Gasteiger partial charge in [-0.15, -0.1) is 0 Å². The number of rotatable bonds is 3. The molecule has 1 aliphatic carbocycles. The van der Waals surface area contributed by atoms with Crippen molar-refractivity contribution in [1.82, 2.24) is 4.57 Å². The molecule has 1 aromatic heterocycles. The standard InChI is InChI=1S/C19H21NO4/c1-12-9-14(21)7-8-16(12)20-11-15(19(23)24)18(22)10-17(20)13-5-3-2-4-6-13/h7-11,13,21H,2-6H2,1H3,(H,23,24). The molecule has 0 aliphatic heterocycles. The topological polar surface area (TPSA) is 79.5 Å². The first kappa shape index (κ1) is 16.3. The number of carboxylic acids is 1. The normalized spacial score (nSPS) is 15.4. The number of pyridine rings is 1. The molecule has 5 heteroatoms. The first-order valence-corrected chi connectivity index (χ1v) is 8.27. The summed E-state index contributed by atoms with van der Waals surface area (Å²) in [4.78, 5) is 23.6. The quantitative estimate of drug-likeness (QED) is 0.903. The molecule has 0 radical (unpaired) electrons. The number of hydrogen-bond donors (Lipinski definition) is 2. The van der Waals surface area contributed by atoms with Gasteiger partial charge < -0.3 is 14.8 Å². The van der Waals surface area contributed by atoms with Gasteiger partial charge in [-0.1, -0.05) is 19.3 Å². The number of phenols is 1. The van der Waals surface area contributed by atoms with Crippen molar-refractivity contribution in [1.29, 1.82) is 0 Å². The molecule has 2 aromatic rings. The molecule has 3 rings (SSSR count). The number of carbonyl (C=O) groups is 1. The van der Waals surface area contributed by atoms with Crippen LogP contribution in [-0.4, -0.2) is 20.7 Å². The molecule has 1 heterocycles. The lowest BCUT2D eigenvalue weighted by molar-refractivity contribution is 0.0694. The summed E-state index contributed by atoms with van der Waals surface area (Å²) in [6.45, 7) is 1.86. The maximum absolute atomic E-state index is 12.2. The molecule has 5 nitrogen and oxygen atoms in total. The predicted molar refractivity (Wildman–Crippen MR) is 91.2 cm³/mol. The van der Waals surface area contributed by atoms with Crippen LogP contribution >= 0.6 is 0 Å². The van der Waals surface area contributed by atoms with E-state index in [-0.39, 0.29) is 17.2 Å². The van der Waals surface area contributed by atoms with Crippen LogP contribution in [0.3, 0.4) is 0 Å². The fourth-order valence-electron chi connectivity index (χ4n) is 3.54. The number of nitrogens with zero attached hydrogens (tertiary/aromatic N) is 1. The Morgan fingerprint density at radius 1 is 1.17 bits per heavy atom. The second-order valence-electron chi connectivity index (χ2n) is 6.46. The third kappa shape index (κ3) is 3.07. The molecule has 24 heavy (non-hydrogen) atoms. The van der Waals surface area contributed by atoms with Crippen molar-refractivity contribution < 1.29 is 15.0 Å². The minimum atomic E-state index is -1.22. The summed E-state index contributed by atoms with van der Waals surface area (Å²) < 4.78 is 1.82. The van der Waals surface area contributed by atoms with Gasteiger partial charge in [0.1, 0.15) is 11.3 Å². The van der Waals surface area contributed by atoms with Crippen LogP contribution in [0.25, 0.3) is 5.69 Å². The molecular weight excluding hydrogens is 306 g/mol. The second-order valence-corrected chi connectivity index (χ2v) is 6.46. The molecule has 1 aliphatic rings. The maximum atomic E-state index is 12.2. The molecule has 0 spiro atoms. The highest BCUT2D eigenvalue weighted by Crippen LogP contribution is 2.34. The second kappa shape index (κ2) is 6.51. The SMILES string of the molecule is Cc1cc(O)ccc1-n1cc(C(=O)O)c(=O)cc1C1CCCCC1. The van der Waals surface area contributed by atoms with E-state index < -0.39 is 11.4 Å². The molecular formula is C19H21NO4. The van der Waals surface area contributed by atoms with Gasteiger partial charge in [-0.25, -0.2) is 4.79 Å². The zero-order valence-corrected chi connectivity index (χ0v) is 13.7. The highest BCUT2D eigenvalue weighted by atomic mass is 16.4. The van der Waals surface area contributed by atoms with Gasteiger partial charge in [-0.05, 0) is 49.4 Å². The van der Waals surface area contributed by atoms with Crippen LogP contribution in [-0.2, 0) is 0 Å². The van der Waals surface area contributed by atoms with Crippen molar-refractivity contribution in [2.75, 3.05) is 0 Å². The smallest absolute Gasteiger partial charge is 0.341 e. The number of benzene rings is 1. The van der Waals surface area contributed by atoms with Crippen LogP contribution in [0, 0.1) is 6.92 Å². The third-order valence-corrected chi connectivity index (χ3v) is 4.77. The van der Waals surface area contributed by atoms with Gasteiger partial charge in [0.05, 0.1) is 0 Å². The molecule has 1 saturated carbocycles. The Kier molecular flexibility index (Phi) is 4.42. The minimum Gasteiger partial charge on any atom is -0.508 e. The van der Waals surface area contributed by atoms with Crippen molar-refractivity contribution in [2.24, 2.45) is 0 Å². The molecule has 0 saturated heterocycles. The minimum absolute atomic E-state index is 0.162. The van der Waals surface area contributed by atoms with E-state index in [1.165, 1.54) is 18.7 Å². The van der Waals surface area contributed by atoms with E-state index in [0.29, 0.717) is 0 Å². The molecule has 0 bridgehead atoms. The fourth-order valence-corrected chi connectivity index (χ4v) is 3.54. The maximum Gasteiger partial charge on any atom is 0.341 e. The van der Waals surface area contributed by atoms with Gasteiger partial charge >= 0.3 is 5.97 Å². The van der Waals surface area contributed by atoms with Gasteiger partial charge in [0.2, 0.25) is 0 Å². The van der Waals surface area contributed by atoms with Crippen LogP contribution < -0.4 is 5.43 Å². The van der Waals surface area contributed by atoms with Crippen molar-refractivity contribution >= 4 is 5.97 Å². The zero-order valence-electron chi connectivity index (χ0n) is 13.7. The summed E-state index contributed by atoms with van der Waals surface area (Å²) in [7, 11) is 0. The molecule has 0 atom stereocenters. The molecule has 0 amide bonds. The molecule has 2 N–H and O–H groups in total. The number of aryl methyl sites for hydroxylation is 1. The van der Waals surface area contributed by atoms with Crippen molar-refractivity contribution in [2.45, 2.75) is 44.9 Å². The van der Waals surface area contributed by atoms with Crippen LogP contribution in [0.5, 0.6) is 5.75 Å². The van der Waals surface area contributed by atoms with Gasteiger partial charge in [0.15, 0.2) is 5.43 Å². The average Bonchev–Trinajstić information content (AvgIpc) is 2.55. The number of aromatic hydroxyl groups is 1. The summed E-state index contributed by atoms with van der Waals surface area (Å²) in [5.74, 6) is -0.808. The van der Waals surface area contributed by atoms with E-state index in [2.05, 4.69) is 0 Å². The van der Waals surface area contributed by atoms with E-state index in [0.717, 1.165) is 42.6 Å². The fraction of sp³-hybridized carbons (Fsp3) is 0.368. The summed E-state index contributed by atoms with van der Waals surface area (Å²) in [6.07, 6.45) is 6.87. The Labute approximate surface area is 140 Å². The average molecular weight is 327 g/mol. The molecule has 1 fully saturated rings. The van der Waals surface area contributed by atoms with Crippen molar-refractivity contribution in [3.05, 3.63) is 57.5 Å². The van der Waals surface area contributed by atoms with Gasteiger partial charge in [-0.2, -0.15) is 0 Å². The Morgan fingerprint density at radius 2 is 1.88 bits per heavy atom. The lowest BCUT2D eigenvalue weighted by atomic mass is 9.86. The van der Waals surface area contributed by atoms with E-state index in [1.54, 1.807) is 18.2 Å². The Hall–Kier alpha value is -2.56. The van der Waals surface area contributed by atoms with Gasteiger partial charge in [0.25, 0.3) is 0 Å². The van der Waals surface area contributed by atoms with Crippen molar-refractivity contribution in [3.63, 3.8) is 0 Å². The van der Waals surface area contributed by atoms with E-state index in [1.807, 2.05) is 11.5 Å². The number of aromatic carboxylic acids is 1. The Bertz CT molecular complexity index is 832. The third-order valence-electron chi connectivity index (χ3n) is 4.77. The number of hydrogen-bond acceptors (Lipinski definition) is 3. The highest BCUT2D eigenvalue weighted by Gasteiger charge is 2.22. The summed E-state index contributed by atoms with van der Waals surface area (Å²) >= 11 is 0. The lowest BCUT2D eigenvalue weighted by Crippen LogP contribution is -2.22. The van der Waals surface area contributed by atoms with Gasteiger partial charge in [-0.3, -0.25) is 4.79 Å².